The summed E-state index contributed by atoms with van der Waals surface area (Å²) in [6, 6.07) is 6.26. The molecule has 0 saturated heterocycles. The minimum Gasteiger partial charge on any atom is -0.471 e. The quantitative estimate of drug-likeness (QED) is 0.324. The van der Waals surface area contributed by atoms with Gasteiger partial charge in [-0.2, -0.15) is 31.4 Å². The number of primary amides is 1. The van der Waals surface area contributed by atoms with Crippen LogP contribution in [0.4, 0.5) is 32.0 Å². The summed E-state index contributed by atoms with van der Waals surface area (Å²) in [5.41, 5.74) is 3.14. The normalized spacial score (nSPS) is 12.1. The number of fused-ring (bicyclic) bond motifs is 1. The number of benzene rings is 1. The lowest BCUT2D eigenvalue weighted by Crippen LogP contribution is -2.18. The van der Waals surface area contributed by atoms with Crippen LogP contribution in [0.25, 0.3) is 10.2 Å². The van der Waals surface area contributed by atoms with E-state index >= 15 is 0 Å². The molecule has 0 bridgehead atoms. The van der Waals surface area contributed by atoms with E-state index in [4.69, 9.17) is 10.5 Å². The van der Waals surface area contributed by atoms with E-state index < -0.39 is 35.4 Å². The van der Waals surface area contributed by atoms with Crippen molar-refractivity contribution in [2.75, 3.05) is 5.32 Å². The Morgan fingerprint density at radius 3 is 2.49 bits per heavy atom. The maximum absolute atomic E-state index is 13.1. The van der Waals surface area contributed by atoms with Crippen molar-refractivity contribution < 1.29 is 40.7 Å². The number of aromatic nitrogens is 3. The minimum absolute atomic E-state index is 0.0756. The summed E-state index contributed by atoms with van der Waals surface area (Å²) >= 11 is 0.601. The highest BCUT2D eigenvalue weighted by atomic mass is 32.1. The van der Waals surface area contributed by atoms with Gasteiger partial charge in [0.2, 0.25) is 0 Å². The predicted octanol–water partition coefficient (Wildman–Crippen LogP) is 5.23. The van der Waals surface area contributed by atoms with Crippen LogP contribution in [0.5, 0.6) is 5.75 Å². The van der Waals surface area contributed by atoms with Gasteiger partial charge in [-0.1, -0.05) is 6.07 Å². The Morgan fingerprint density at radius 2 is 1.84 bits per heavy atom. The van der Waals surface area contributed by atoms with Crippen molar-refractivity contribution in [2.45, 2.75) is 26.0 Å². The molecule has 4 rings (SSSR count). The number of halogens is 6. The molecule has 0 aliphatic carbocycles. The number of nitrogens with two attached hydrogens (primary N) is 1. The molecule has 0 aliphatic heterocycles. The molecule has 0 spiro atoms. The number of alkyl halides is 6. The molecular formula is C22H15F6N5O3S. The van der Waals surface area contributed by atoms with Crippen LogP contribution in [-0.2, 0) is 19.1 Å². The number of carbonyl (C=O) groups is 2. The first kappa shape index (κ1) is 25.9. The zero-order valence-corrected chi connectivity index (χ0v) is 19.4. The summed E-state index contributed by atoms with van der Waals surface area (Å²) in [6.07, 6.45) is -7.94. The first-order valence-electron chi connectivity index (χ1n) is 10.2. The van der Waals surface area contributed by atoms with Crippen LogP contribution >= 0.6 is 11.3 Å². The lowest BCUT2D eigenvalue weighted by Gasteiger charge is -2.10. The summed E-state index contributed by atoms with van der Waals surface area (Å²) in [6.45, 7) is 1.04. The molecule has 37 heavy (non-hydrogen) atoms. The second-order valence-electron chi connectivity index (χ2n) is 7.67. The van der Waals surface area contributed by atoms with Gasteiger partial charge in [0.25, 0.3) is 11.8 Å². The molecule has 0 saturated carbocycles. The highest BCUT2D eigenvalue weighted by Gasteiger charge is 2.34. The predicted molar refractivity (Wildman–Crippen MR) is 120 cm³/mol. The van der Waals surface area contributed by atoms with Crippen LogP contribution in [0.3, 0.4) is 0 Å². The number of nitrogens with one attached hydrogen (secondary N) is 1. The van der Waals surface area contributed by atoms with Crippen LogP contribution in [0.2, 0.25) is 0 Å². The van der Waals surface area contributed by atoms with Crippen LogP contribution in [-0.4, -0.2) is 26.6 Å². The molecule has 0 atom stereocenters. The van der Waals surface area contributed by atoms with Crippen molar-refractivity contribution in [3.05, 3.63) is 70.0 Å². The van der Waals surface area contributed by atoms with Gasteiger partial charge in [0.15, 0.2) is 12.4 Å². The first-order valence-corrected chi connectivity index (χ1v) is 11.0. The van der Waals surface area contributed by atoms with Gasteiger partial charge in [0.05, 0.1) is 11.3 Å². The van der Waals surface area contributed by atoms with Crippen molar-refractivity contribution in [2.24, 2.45) is 5.73 Å². The number of hydrogen-bond donors (Lipinski definition) is 2. The molecule has 3 aromatic heterocycles. The highest BCUT2D eigenvalue weighted by Crippen LogP contribution is 2.40. The summed E-state index contributed by atoms with van der Waals surface area (Å²) in [7, 11) is 0. The van der Waals surface area contributed by atoms with Crippen molar-refractivity contribution in [1.29, 1.82) is 0 Å². The molecule has 1 aromatic carbocycles. The summed E-state index contributed by atoms with van der Waals surface area (Å²) in [5.74, 6) is -1.88. The molecule has 0 fully saturated rings. The Labute approximate surface area is 207 Å². The first-order chi connectivity index (χ1) is 17.2. The van der Waals surface area contributed by atoms with E-state index in [1.807, 2.05) is 0 Å². The third-order valence-corrected chi connectivity index (χ3v) is 6.11. The van der Waals surface area contributed by atoms with Crippen molar-refractivity contribution in [3.8, 4) is 5.75 Å². The van der Waals surface area contributed by atoms with E-state index in [9.17, 15) is 35.9 Å². The summed E-state index contributed by atoms with van der Waals surface area (Å²) in [5, 5.41) is 6.55. The fraction of sp³-hybridized carbons (Fsp3) is 0.182. The standard InChI is InChI=1S/C22H15F6N5O3S/c1-10-7-14(22(26,27)28)30-20-15(10)16(17(37-20)18(29)34)31-19(35)13-5-6-33(32-13)9-36-12-4-2-3-11(8-12)21(23,24)25/h2-8H,9H2,1H3,(H2,29,34)(H,31,35). The van der Waals surface area contributed by atoms with E-state index in [1.165, 1.54) is 31.3 Å². The third-order valence-electron chi connectivity index (χ3n) is 5.01. The van der Waals surface area contributed by atoms with Crippen LogP contribution < -0.4 is 15.8 Å². The molecule has 3 heterocycles. The molecular weight excluding hydrogens is 528 g/mol. The Morgan fingerprint density at radius 1 is 1.11 bits per heavy atom. The zero-order valence-electron chi connectivity index (χ0n) is 18.6. The SMILES string of the molecule is Cc1cc(C(F)(F)F)nc2sc(C(N)=O)c(NC(=O)c3ccn(COc4cccc(C(F)(F)F)c4)n3)c12. The number of hydrogen-bond acceptors (Lipinski definition) is 6. The Kier molecular flexibility index (Phi) is 6.58. The number of thiophene rings is 1. The fourth-order valence-corrected chi connectivity index (χ4v) is 4.41. The van der Waals surface area contributed by atoms with E-state index in [0.29, 0.717) is 11.3 Å². The van der Waals surface area contributed by atoms with Gasteiger partial charge in [-0.15, -0.1) is 11.3 Å². The molecule has 3 N–H and O–H groups in total. The smallest absolute Gasteiger partial charge is 0.433 e. The number of rotatable bonds is 6. The largest absolute Gasteiger partial charge is 0.471 e. The van der Waals surface area contributed by atoms with E-state index in [1.54, 1.807) is 0 Å². The topological polar surface area (TPSA) is 112 Å². The highest BCUT2D eigenvalue weighted by molar-refractivity contribution is 7.21. The van der Waals surface area contributed by atoms with Gasteiger partial charge in [-0.25, -0.2) is 9.67 Å². The number of amides is 2. The molecule has 0 unspecified atom stereocenters. The average molecular weight is 543 g/mol. The van der Waals surface area contributed by atoms with E-state index in [2.05, 4.69) is 15.4 Å². The second-order valence-corrected chi connectivity index (χ2v) is 8.67. The Bertz CT molecular complexity index is 1510. The lowest BCUT2D eigenvalue weighted by molar-refractivity contribution is -0.141. The third kappa shape index (κ3) is 5.50. The van der Waals surface area contributed by atoms with Gasteiger partial charge in [0.1, 0.15) is 21.2 Å². The van der Waals surface area contributed by atoms with Crippen LogP contribution in [0.1, 0.15) is 37.0 Å². The number of anilines is 1. The molecule has 2 amide bonds. The van der Waals surface area contributed by atoms with Crippen molar-refractivity contribution in [3.63, 3.8) is 0 Å². The molecule has 194 valence electrons. The number of nitrogens with zero attached hydrogens (tertiary/aromatic N) is 3. The molecule has 8 nitrogen and oxygen atoms in total. The van der Waals surface area contributed by atoms with Gasteiger partial charge in [0, 0.05) is 11.6 Å². The van der Waals surface area contributed by atoms with Crippen molar-refractivity contribution >= 4 is 39.1 Å². The molecule has 0 radical (unpaired) electrons. The van der Waals surface area contributed by atoms with Crippen molar-refractivity contribution in [1.82, 2.24) is 14.8 Å². The second kappa shape index (κ2) is 9.38. The van der Waals surface area contributed by atoms with Gasteiger partial charge < -0.3 is 15.8 Å². The number of pyridine rings is 1. The monoisotopic (exact) mass is 543 g/mol. The van der Waals surface area contributed by atoms with Gasteiger partial charge >= 0.3 is 12.4 Å². The molecule has 4 aromatic rings. The Hall–Kier alpha value is -4.14. The number of carbonyl (C=O) groups excluding carboxylic acids is 2. The summed E-state index contributed by atoms with van der Waals surface area (Å²) in [4.78, 5) is 28.0. The molecule has 0 aliphatic rings. The minimum atomic E-state index is -4.72. The maximum atomic E-state index is 13.1. The number of ether oxygens (including phenoxy) is 1. The fourth-order valence-electron chi connectivity index (χ4n) is 3.36. The number of aryl methyl sites for hydroxylation is 1. The molecule has 15 heteroatoms. The average Bonchev–Trinajstić information content (AvgIpc) is 3.42. The maximum Gasteiger partial charge on any atom is 0.433 e. The van der Waals surface area contributed by atoms with Gasteiger partial charge in [-0.05, 0) is 42.8 Å². The van der Waals surface area contributed by atoms with E-state index in [0.717, 1.165) is 22.9 Å². The summed E-state index contributed by atoms with van der Waals surface area (Å²) < 4.78 is 84.4. The lowest BCUT2D eigenvalue weighted by atomic mass is 10.1. The van der Waals surface area contributed by atoms with E-state index in [-0.39, 0.29) is 44.5 Å². The van der Waals surface area contributed by atoms with Gasteiger partial charge in [-0.3, -0.25) is 9.59 Å². The Balaban J connectivity index is 1.55. The van der Waals surface area contributed by atoms with Crippen LogP contribution in [0.15, 0.2) is 42.6 Å². The van der Waals surface area contributed by atoms with Crippen LogP contribution in [0, 0.1) is 6.92 Å². The zero-order chi connectivity index (χ0) is 27.1.